The van der Waals surface area contributed by atoms with Gasteiger partial charge in [0.1, 0.15) is 5.01 Å². The van der Waals surface area contributed by atoms with Crippen LogP contribution >= 0.6 is 11.3 Å². The van der Waals surface area contributed by atoms with Gasteiger partial charge >= 0.3 is 0 Å². The summed E-state index contributed by atoms with van der Waals surface area (Å²) < 4.78 is 1.87. The Labute approximate surface area is 143 Å². The molecule has 5 rings (SSSR count). The van der Waals surface area contributed by atoms with Gasteiger partial charge in [0.05, 0.1) is 0 Å². The molecule has 7 heteroatoms. The first-order valence-corrected chi connectivity index (χ1v) is 9.20. The summed E-state index contributed by atoms with van der Waals surface area (Å²) in [5, 5.41) is 14.0. The summed E-state index contributed by atoms with van der Waals surface area (Å²) in [7, 11) is 0. The van der Waals surface area contributed by atoms with Crippen molar-refractivity contribution in [2.45, 2.75) is 38.0 Å². The maximum atomic E-state index is 12.6. The van der Waals surface area contributed by atoms with Crippen molar-refractivity contribution < 1.29 is 4.79 Å². The van der Waals surface area contributed by atoms with Crippen LogP contribution in [0.2, 0.25) is 0 Å². The molecule has 0 saturated heterocycles. The number of anilines is 1. The molecule has 3 heterocycles. The third-order valence-corrected chi connectivity index (χ3v) is 5.70. The van der Waals surface area contributed by atoms with Crippen LogP contribution in [-0.4, -0.2) is 32.3 Å². The second-order valence-corrected chi connectivity index (χ2v) is 7.49. The lowest BCUT2D eigenvalue weighted by Crippen LogP contribution is -2.29. The number of nitrogens with zero attached hydrogens (tertiary/aromatic N) is 5. The Morgan fingerprint density at radius 3 is 3.00 bits per heavy atom. The molecule has 0 unspecified atom stereocenters. The molecule has 2 aromatic heterocycles. The van der Waals surface area contributed by atoms with Gasteiger partial charge in [-0.1, -0.05) is 29.5 Å². The number of amides is 1. The predicted octanol–water partition coefficient (Wildman–Crippen LogP) is 2.59. The number of carbonyl (C=O) groups is 1. The van der Waals surface area contributed by atoms with Gasteiger partial charge in [0.25, 0.3) is 0 Å². The van der Waals surface area contributed by atoms with E-state index in [1.54, 1.807) is 11.3 Å². The Hall–Kier alpha value is -2.28. The summed E-state index contributed by atoms with van der Waals surface area (Å²) in [5.41, 5.74) is 2.33. The number of benzene rings is 1. The van der Waals surface area contributed by atoms with Gasteiger partial charge in [-0.15, -0.1) is 10.2 Å². The van der Waals surface area contributed by atoms with Gasteiger partial charge in [-0.2, -0.15) is 9.61 Å². The van der Waals surface area contributed by atoms with Crippen molar-refractivity contribution in [1.29, 1.82) is 0 Å². The highest BCUT2D eigenvalue weighted by molar-refractivity contribution is 7.16. The van der Waals surface area contributed by atoms with E-state index >= 15 is 0 Å². The van der Waals surface area contributed by atoms with Crippen LogP contribution < -0.4 is 4.90 Å². The van der Waals surface area contributed by atoms with Crippen LogP contribution in [0.1, 0.15) is 41.6 Å². The largest absolute Gasteiger partial charge is 0.312 e. The molecule has 1 saturated carbocycles. The molecule has 0 atom stereocenters. The van der Waals surface area contributed by atoms with Crippen molar-refractivity contribution in [3.63, 3.8) is 0 Å². The number of aromatic nitrogens is 4. The number of rotatable bonds is 4. The van der Waals surface area contributed by atoms with Crippen LogP contribution in [-0.2, 0) is 17.6 Å². The lowest BCUT2D eigenvalue weighted by atomic mass is 10.2. The van der Waals surface area contributed by atoms with E-state index < -0.39 is 0 Å². The molecule has 3 aromatic rings. The quantitative estimate of drug-likeness (QED) is 0.733. The second-order valence-electron chi connectivity index (χ2n) is 6.45. The first kappa shape index (κ1) is 14.1. The number of aryl methyl sites for hydroxylation is 1. The Morgan fingerprint density at radius 2 is 2.12 bits per heavy atom. The maximum absolute atomic E-state index is 12.6. The summed E-state index contributed by atoms with van der Waals surface area (Å²) in [6.45, 7) is 0.787. The summed E-state index contributed by atoms with van der Waals surface area (Å²) in [6, 6.07) is 8.16. The molecule has 1 aromatic carbocycles. The summed E-state index contributed by atoms with van der Waals surface area (Å²) >= 11 is 1.54. The minimum Gasteiger partial charge on any atom is -0.312 e. The van der Waals surface area contributed by atoms with Crippen LogP contribution in [0, 0.1) is 0 Å². The van der Waals surface area contributed by atoms with Crippen LogP contribution in [0.3, 0.4) is 0 Å². The Bertz CT molecular complexity index is 926. The van der Waals surface area contributed by atoms with Gasteiger partial charge in [0, 0.05) is 31.0 Å². The number of para-hydroxylation sites is 1. The second kappa shape index (κ2) is 5.37. The minimum absolute atomic E-state index is 0.174. The smallest absolute Gasteiger partial charge is 0.234 e. The maximum Gasteiger partial charge on any atom is 0.234 e. The SMILES string of the molecule is O=C(CCc1nn2c(C3CC3)nnc2s1)N1CCc2ccccc21. The summed E-state index contributed by atoms with van der Waals surface area (Å²) in [6.07, 6.45) is 4.46. The van der Waals surface area contributed by atoms with E-state index in [2.05, 4.69) is 21.4 Å². The predicted molar refractivity (Wildman–Crippen MR) is 91.5 cm³/mol. The van der Waals surface area contributed by atoms with E-state index in [9.17, 15) is 4.79 Å². The van der Waals surface area contributed by atoms with Crippen LogP contribution in [0.4, 0.5) is 5.69 Å². The van der Waals surface area contributed by atoms with E-state index in [0.29, 0.717) is 18.8 Å². The lowest BCUT2D eigenvalue weighted by molar-refractivity contribution is -0.118. The molecule has 0 N–H and O–H groups in total. The summed E-state index contributed by atoms with van der Waals surface area (Å²) in [5.74, 6) is 1.68. The molecule has 1 fully saturated rings. The lowest BCUT2D eigenvalue weighted by Gasteiger charge is -2.16. The van der Waals surface area contributed by atoms with Crippen molar-refractivity contribution in [2.24, 2.45) is 0 Å². The van der Waals surface area contributed by atoms with E-state index in [0.717, 1.165) is 34.4 Å². The van der Waals surface area contributed by atoms with E-state index in [-0.39, 0.29) is 5.91 Å². The normalized spacial score (nSPS) is 16.8. The standard InChI is InChI=1S/C17H17N5OS/c23-15(21-10-9-11-3-1-2-4-13(11)21)8-7-14-20-22-16(12-5-6-12)18-19-17(22)24-14/h1-4,12H,5-10H2. The third-order valence-electron chi connectivity index (χ3n) is 4.74. The zero-order valence-corrected chi connectivity index (χ0v) is 14.0. The first-order chi connectivity index (χ1) is 11.8. The topological polar surface area (TPSA) is 63.4 Å². The van der Waals surface area contributed by atoms with Crippen molar-refractivity contribution >= 4 is 27.9 Å². The molecular weight excluding hydrogens is 322 g/mol. The van der Waals surface area contributed by atoms with Gasteiger partial charge in [-0.3, -0.25) is 4.79 Å². The van der Waals surface area contributed by atoms with Gasteiger partial charge in [-0.05, 0) is 30.9 Å². The number of hydrogen-bond donors (Lipinski definition) is 0. The zero-order valence-electron chi connectivity index (χ0n) is 13.2. The van der Waals surface area contributed by atoms with Crippen LogP contribution in [0.5, 0.6) is 0 Å². The van der Waals surface area contributed by atoms with Crippen LogP contribution in [0.15, 0.2) is 24.3 Å². The van der Waals surface area contributed by atoms with Gasteiger partial charge in [0.15, 0.2) is 5.82 Å². The average molecular weight is 339 g/mol. The molecule has 1 aliphatic heterocycles. The summed E-state index contributed by atoms with van der Waals surface area (Å²) in [4.78, 5) is 15.3. The van der Waals surface area contributed by atoms with Crippen molar-refractivity contribution in [3.8, 4) is 0 Å². The average Bonchev–Trinajstić information content (AvgIpc) is 3.06. The van der Waals surface area contributed by atoms with Gasteiger partial charge in [-0.25, -0.2) is 0 Å². The monoisotopic (exact) mass is 339 g/mol. The fourth-order valence-corrected chi connectivity index (χ4v) is 4.15. The molecule has 24 heavy (non-hydrogen) atoms. The highest BCUT2D eigenvalue weighted by Gasteiger charge is 2.30. The number of carbonyl (C=O) groups excluding carboxylic acids is 1. The number of fused-ring (bicyclic) bond motifs is 2. The van der Waals surface area contributed by atoms with Crippen molar-refractivity contribution in [3.05, 3.63) is 40.7 Å². The van der Waals surface area contributed by atoms with E-state index in [1.165, 1.54) is 18.4 Å². The molecule has 122 valence electrons. The van der Waals surface area contributed by atoms with E-state index in [1.807, 2.05) is 27.6 Å². The molecule has 1 aliphatic carbocycles. The van der Waals surface area contributed by atoms with Crippen molar-refractivity contribution in [1.82, 2.24) is 19.8 Å². The Morgan fingerprint density at radius 1 is 1.25 bits per heavy atom. The minimum atomic E-state index is 0.174. The third kappa shape index (κ3) is 2.31. The highest BCUT2D eigenvalue weighted by Crippen LogP contribution is 2.39. The van der Waals surface area contributed by atoms with Gasteiger partial charge < -0.3 is 4.90 Å². The van der Waals surface area contributed by atoms with Crippen molar-refractivity contribution in [2.75, 3.05) is 11.4 Å². The first-order valence-electron chi connectivity index (χ1n) is 8.39. The Kier molecular flexibility index (Phi) is 3.16. The zero-order chi connectivity index (χ0) is 16.1. The molecule has 0 bridgehead atoms. The van der Waals surface area contributed by atoms with E-state index in [4.69, 9.17) is 0 Å². The Balaban J connectivity index is 1.30. The fourth-order valence-electron chi connectivity index (χ4n) is 3.31. The molecular formula is C17H17N5OS. The molecule has 2 aliphatic rings. The molecule has 0 radical (unpaired) electrons. The molecule has 0 spiro atoms. The molecule has 6 nitrogen and oxygen atoms in total. The molecule has 1 amide bonds. The van der Waals surface area contributed by atoms with Crippen LogP contribution in [0.25, 0.3) is 4.96 Å². The highest BCUT2D eigenvalue weighted by atomic mass is 32.1. The van der Waals surface area contributed by atoms with Gasteiger partial charge in [0.2, 0.25) is 10.9 Å². The fraction of sp³-hybridized carbons (Fsp3) is 0.412. The number of hydrogen-bond acceptors (Lipinski definition) is 5.